The SMILES string of the molecule is Cc1noc(C)c1-c1ccc2c(ccn2CC(=O)Nc2cc(C3CC3)nn2C)c1. The standard InChI is InChI=1S/C22H23N5O2/c1-13-22(14(2)29-25-13)17-6-7-19-16(10-17)8-9-27(19)12-21(28)23-20-11-18(15-4-5-15)24-26(20)3/h6-11,15H,4-5,12H2,1-3H3,(H,23,28). The summed E-state index contributed by atoms with van der Waals surface area (Å²) in [6.07, 6.45) is 4.32. The number of nitrogens with zero attached hydrogens (tertiary/aromatic N) is 4. The average molecular weight is 389 g/mol. The van der Waals surface area contributed by atoms with Crippen molar-refractivity contribution in [3.8, 4) is 11.1 Å². The van der Waals surface area contributed by atoms with Crippen molar-refractivity contribution in [1.82, 2.24) is 19.5 Å². The topological polar surface area (TPSA) is 77.9 Å². The summed E-state index contributed by atoms with van der Waals surface area (Å²) in [6, 6.07) is 10.2. The Labute approximate surface area is 168 Å². The van der Waals surface area contributed by atoms with Gasteiger partial charge in [-0.05, 0) is 50.5 Å². The molecule has 0 atom stereocenters. The van der Waals surface area contributed by atoms with Crippen LogP contribution < -0.4 is 5.32 Å². The van der Waals surface area contributed by atoms with Crippen LogP contribution in [0.1, 0.15) is 35.9 Å². The average Bonchev–Trinajstić information content (AvgIpc) is 3.27. The van der Waals surface area contributed by atoms with Crippen molar-refractivity contribution in [2.75, 3.05) is 5.32 Å². The van der Waals surface area contributed by atoms with Crippen molar-refractivity contribution in [2.24, 2.45) is 7.05 Å². The van der Waals surface area contributed by atoms with E-state index in [2.05, 4.69) is 21.6 Å². The molecular weight excluding hydrogens is 366 g/mol. The molecule has 5 rings (SSSR count). The Balaban J connectivity index is 1.36. The number of fused-ring (bicyclic) bond motifs is 1. The lowest BCUT2D eigenvalue weighted by Gasteiger charge is -2.08. The molecule has 1 aliphatic carbocycles. The second kappa shape index (κ2) is 6.62. The fraction of sp³-hybridized carbons (Fsp3) is 0.318. The molecule has 0 bridgehead atoms. The minimum absolute atomic E-state index is 0.0670. The molecule has 148 valence electrons. The number of carbonyl (C=O) groups is 1. The van der Waals surface area contributed by atoms with Gasteiger partial charge in [-0.3, -0.25) is 9.48 Å². The zero-order valence-corrected chi connectivity index (χ0v) is 16.8. The van der Waals surface area contributed by atoms with E-state index >= 15 is 0 Å². The van der Waals surface area contributed by atoms with Crippen LogP contribution in [0.2, 0.25) is 0 Å². The predicted molar refractivity (Wildman–Crippen MR) is 111 cm³/mol. The summed E-state index contributed by atoms with van der Waals surface area (Å²) in [5.74, 6) is 2.05. The van der Waals surface area contributed by atoms with Gasteiger partial charge >= 0.3 is 0 Å². The molecule has 1 aliphatic rings. The van der Waals surface area contributed by atoms with Crippen LogP contribution in [0.15, 0.2) is 41.1 Å². The van der Waals surface area contributed by atoms with Crippen LogP contribution in [0, 0.1) is 13.8 Å². The monoisotopic (exact) mass is 389 g/mol. The second-order valence-electron chi connectivity index (χ2n) is 7.82. The Morgan fingerprint density at radius 3 is 2.79 bits per heavy atom. The van der Waals surface area contributed by atoms with E-state index in [-0.39, 0.29) is 12.5 Å². The third-order valence-corrected chi connectivity index (χ3v) is 5.57. The number of rotatable bonds is 5. The molecule has 0 unspecified atom stereocenters. The molecule has 0 saturated heterocycles. The molecule has 29 heavy (non-hydrogen) atoms. The normalized spacial score (nSPS) is 13.9. The van der Waals surface area contributed by atoms with Gasteiger partial charge < -0.3 is 14.4 Å². The summed E-state index contributed by atoms with van der Waals surface area (Å²) in [6.45, 7) is 4.11. The Hall–Kier alpha value is -3.35. The first-order valence-corrected chi connectivity index (χ1v) is 9.85. The highest BCUT2D eigenvalue weighted by Crippen LogP contribution is 2.40. The molecular formula is C22H23N5O2. The largest absolute Gasteiger partial charge is 0.361 e. The van der Waals surface area contributed by atoms with Crippen LogP contribution in [-0.2, 0) is 18.4 Å². The Bertz CT molecular complexity index is 1210. The lowest BCUT2D eigenvalue weighted by molar-refractivity contribution is -0.116. The fourth-order valence-electron chi connectivity index (χ4n) is 3.91. The van der Waals surface area contributed by atoms with Gasteiger partial charge in [0.05, 0.1) is 11.4 Å². The van der Waals surface area contributed by atoms with Crippen LogP contribution >= 0.6 is 0 Å². The lowest BCUT2D eigenvalue weighted by Crippen LogP contribution is -2.19. The molecule has 1 saturated carbocycles. The van der Waals surface area contributed by atoms with Gasteiger partial charge in [-0.2, -0.15) is 5.10 Å². The molecule has 0 spiro atoms. The van der Waals surface area contributed by atoms with Crippen LogP contribution in [0.5, 0.6) is 0 Å². The van der Waals surface area contributed by atoms with Gasteiger partial charge in [-0.1, -0.05) is 11.2 Å². The third-order valence-electron chi connectivity index (χ3n) is 5.57. The molecule has 1 fully saturated rings. The number of aryl methyl sites for hydroxylation is 3. The van der Waals surface area contributed by atoms with Gasteiger partial charge in [0.25, 0.3) is 0 Å². The highest BCUT2D eigenvalue weighted by atomic mass is 16.5. The zero-order valence-electron chi connectivity index (χ0n) is 16.8. The van der Waals surface area contributed by atoms with E-state index in [1.54, 1.807) is 4.68 Å². The van der Waals surface area contributed by atoms with E-state index in [9.17, 15) is 4.79 Å². The summed E-state index contributed by atoms with van der Waals surface area (Å²) in [4.78, 5) is 12.6. The number of benzene rings is 1. The van der Waals surface area contributed by atoms with Crippen molar-refractivity contribution in [2.45, 2.75) is 39.2 Å². The number of carbonyl (C=O) groups excluding carboxylic acids is 1. The molecule has 1 amide bonds. The second-order valence-corrected chi connectivity index (χ2v) is 7.82. The van der Waals surface area contributed by atoms with Gasteiger partial charge in [0.1, 0.15) is 18.1 Å². The minimum atomic E-state index is -0.0670. The van der Waals surface area contributed by atoms with Gasteiger partial charge in [0.2, 0.25) is 5.91 Å². The number of hydrogen-bond donors (Lipinski definition) is 1. The smallest absolute Gasteiger partial charge is 0.245 e. The van der Waals surface area contributed by atoms with Crippen molar-refractivity contribution < 1.29 is 9.32 Å². The van der Waals surface area contributed by atoms with Crippen molar-refractivity contribution >= 4 is 22.6 Å². The van der Waals surface area contributed by atoms with Crippen LogP contribution in [-0.4, -0.2) is 25.4 Å². The van der Waals surface area contributed by atoms with Crippen LogP contribution in [0.4, 0.5) is 5.82 Å². The summed E-state index contributed by atoms with van der Waals surface area (Å²) >= 11 is 0. The first-order chi connectivity index (χ1) is 14.0. The molecule has 7 nitrogen and oxygen atoms in total. The quantitative estimate of drug-likeness (QED) is 0.556. The van der Waals surface area contributed by atoms with Crippen molar-refractivity contribution in [1.29, 1.82) is 0 Å². The molecule has 0 radical (unpaired) electrons. The van der Waals surface area contributed by atoms with E-state index in [0.29, 0.717) is 5.92 Å². The maximum absolute atomic E-state index is 12.6. The van der Waals surface area contributed by atoms with Crippen molar-refractivity contribution in [3.63, 3.8) is 0 Å². The first-order valence-electron chi connectivity index (χ1n) is 9.85. The zero-order chi connectivity index (χ0) is 20.1. The summed E-state index contributed by atoms with van der Waals surface area (Å²) < 4.78 is 8.99. The van der Waals surface area contributed by atoms with Gasteiger partial charge in [0, 0.05) is 41.7 Å². The Morgan fingerprint density at radius 2 is 2.07 bits per heavy atom. The van der Waals surface area contributed by atoms with E-state index in [1.807, 2.05) is 55.9 Å². The van der Waals surface area contributed by atoms with Crippen LogP contribution in [0.3, 0.4) is 0 Å². The van der Waals surface area contributed by atoms with E-state index < -0.39 is 0 Å². The summed E-state index contributed by atoms with van der Waals surface area (Å²) in [5.41, 5.74) is 5.06. The number of anilines is 1. The number of aromatic nitrogens is 4. The molecule has 0 aliphatic heterocycles. The minimum Gasteiger partial charge on any atom is -0.361 e. The van der Waals surface area contributed by atoms with E-state index in [0.717, 1.165) is 45.0 Å². The Morgan fingerprint density at radius 1 is 1.24 bits per heavy atom. The van der Waals surface area contributed by atoms with Gasteiger partial charge in [-0.25, -0.2) is 0 Å². The number of nitrogens with one attached hydrogen (secondary N) is 1. The van der Waals surface area contributed by atoms with Gasteiger partial charge in [0.15, 0.2) is 0 Å². The third kappa shape index (κ3) is 3.22. The van der Waals surface area contributed by atoms with Gasteiger partial charge in [-0.15, -0.1) is 0 Å². The van der Waals surface area contributed by atoms with E-state index in [4.69, 9.17) is 4.52 Å². The Kier molecular flexibility index (Phi) is 4.04. The van der Waals surface area contributed by atoms with E-state index in [1.165, 1.54) is 12.8 Å². The molecule has 3 heterocycles. The molecule has 4 aromatic rings. The first kappa shape index (κ1) is 17.7. The highest BCUT2D eigenvalue weighted by molar-refractivity contribution is 5.92. The fourth-order valence-corrected chi connectivity index (χ4v) is 3.91. The van der Waals surface area contributed by atoms with Crippen LogP contribution in [0.25, 0.3) is 22.0 Å². The number of hydrogen-bond acceptors (Lipinski definition) is 4. The maximum Gasteiger partial charge on any atom is 0.245 e. The molecule has 1 aromatic carbocycles. The molecule has 3 aromatic heterocycles. The summed E-state index contributed by atoms with van der Waals surface area (Å²) in [5, 5.41) is 12.6. The maximum atomic E-state index is 12.6. The highest BCUT2D eigenvalue weighted by Gasteiger charge is 2.27. The summed E-state index contributed by atoms with van der Waals surface area (Å²) in [7, 11) is 1.86. The molecule has 7 heteroatoms. The number of amides is 1. The predicted octanol–water partition coefficient (Wildman–Crippen LogP) is 4.16. The lowest BCUT2D eigenvalue weighted by atomic mass is 10.0. The molecule has 1 N–H and O–H groups in total. The van der Waals surface area contributed by atoms with Crippen molar-refractivity contribution in [3.05, 3.63) is 53.7 Å².